The van der Waals surface area contributed by atoms with E-state index in [0.29, 0.717) is 17.3 Å². The van der Waals surface area contributed by atoms with Crippen LogP contribution in [0.15, 0.2) is 44.4 Å². The Hall–Kier alpha value is -1.22. The summed E-state index contributed by atoms with van der Waals surface area (Å²) in [6.45, 7) is 3.02. The molecule has 152 valence electrons. The maximum absolute atomic E-state index is 12.4. The number of hydrogen-bond donors (Lipinski definition) is 2. The number of thiophene rings is 1. The maximum atomic E-state index is 12.4. The SMILES string of the molecule is Cc1ccc(CNC(=O)C2CCC(CNS(=O)(=O)c3ccc(Br)s3)CC2)cc1. The molecule has 28 heavy (non-hydrogen) atoms. The fourth-order valence-corrected chi connectivity index (χ4v) is 6.58. The van der Waals surface area contributed by atoms with Gasteiger partial charge in [-0.3, -0.25) is 4.79 Å². The number of nitrogens with one attached hydrogen (secondary N) is 2. The molecule has 1 aliphatic rings. The van der Waals surface area contributed by atoms with Crippen LogP contribution in [0, 0.1) is 18.8 Å². The van der Waals surface area contributed by atoms with Crippen molar-refractivity contribution in [3.05, 3.63) is 51.3 Å². The summed E-state index contributed by atoms with van der Waals surface area (Å²) in [5, 5.41) is 3.03. The average molecular weight is 485 g/mol. The number of rotatable bonds is 7. The van der Waals surface area contributed by atoms with Crippen LogP contribution in [-0.4, -0.2) is 20.9 Å². The van der Waals surface area contributed by atoms with Gasteiger partial charge in [0.2, 0.25) is 15.9 Å². The molecule has 5 nitrogen and oxygen atoms in total. The van der Waals surface area contributed by atoms with Crippen molar-refractivity contribution in [2.75, 3.05) is 6.54 Å². The largest absolute Gasteiger partial charge is 0.352 e. The van der Waals surface area contributed by atoms with Gasteiger partial charge < -0.3 is 5.32 Å². The minimum Gasteiger partial charge on any atom is -0.352 e. The van der Waals surface area contributed by atoms with Crippen LogP contribution < -0.4 is 10.0 Å². The summed E-state index contributed by atoms with van der Waals surface area (Å²) in [4.78, 5) is 12.4. The Morgan fingerprint density at radius 2 is 1.79 bits per heavy atom. The Kier molecular flexibility index (Phi) is 7.31. The first-order valence-corrected chi connectivity index (χ1v) is 12.5. The number of benzene rings is 1. The molecule has 1 aliphatic carbocycles. The van der Waals surface area contributed by atoms with Crippen LogP contribution in [0.25, 0.3) is 0 Å². The van der Waals surface area contributed by atoms with E-state index in [2.05, 4.69) is 26.0 Å². The van der Waals surface area contributed by atoms with Gasteiger partial charge in [-0.25, -0.2) is 13.1 Å². The van der Waals surface area contributed by atoms with Crippen LogP contribution in [0.5, 0.6) is 0 Å². The van der Waals surface area contributed by atoms with Crippen LogP contribution >= 0.6 is 27.3 Å². The summed E-state index contributed by atoms with van der Waals surface area (Å²) >= 11 is 4.49. The predicted octanol–water partition coefficient (Wildman–Crippen LogP) is 4.22. The van der Waals surface area contributed by atoms with Crippen molar-refractivity contribution < 1.29 is 13.2 Å². The molecule has 0 atom stereocenters. The summed E-state index contributed by atoms with van der Waals surface area (Å²) in [7, 11) is -3.45. The zero-order valence-electron chi connectivity index (χ0n) is 15.8. The Labute approximate surface area is 179 Å². The van der Waals surface area contributed by atoms with E-state index in [0.717, 1.165) is 35.0 Å². The highest BCUT2D eigenvalue weighted by Crippen LogP contribution is 2.30. The standard InChI is InChI=1S/C20H25BrN2O3S2/c1-14-2-4-15(5-3-14)12-22-20(24)17-8-6-16(7-9-17)13-23-28(25,26)19-11-10-18(21)27-19/h2-5,10-11,16-17,23H,6-9,12-13H2,1H3,(H,22,24). The Morgan fingerprint density at radius 3 is 2.39 bits per heavy atom. The Morgan fingerprint density at radius 1 is 1.11 bits per heavy atom. The number of aryl methyl sites for hydroxylation is 1. The fraction of sp³-hybridized carbons (Fsp3) is 0.450. The molecule has 1 aromatic carbocycles. The molecule has 0 radical (unpaired) electrons. The van der Waals surface area contributed by atoms with Gasteiger partial charge in [0.1, 0.15) is 4.21 Å². The fourth-order valence-electron chi connectivity index (χ4n) is 3.41. The lowest BCUT2D eigenvalue weighted by Crippen LogP contribution is -2.35. The lowest BCUT2D eigenvalue weighted by molar-refractivity contribution is -0.126. The monoisotopic (exact) mass is 484 g/mol. The van der Waals surface area contributed by atoms with E-state index < -0.39 is 10.0 Å². The van der Waals surface area contributed by atoms with Crippen molar-refractivity contribution in [2.45, 2.75) is 43.4 Å². The topological polar surface area (TPSA) is 75.3 Å². The summed E-state index contributed by atoms with van der Waals surface area (Å²) in [5.74, 6) is 0.397. The van der Waals surface area contributed by atoms with Crippen molar-refractivity contribution in [3.63, 3.8) is 0 Å². The van der Waals surface area contributed by atoms with E-state index in [9.17, 15) is 13.2 Å². The van der Waals surface area contributed by atoms with Gasteiger partial charge in [0.25, 0.3) is 0 Å². The molecule has 1 heterocycles. The van der Waals surface area contributed by atoms with E-state index in [4.69, 9.17) is 0 Å². The third kappa shape index (κ3) is 5.89. The normalized spacial score (nSPS) is 20.1. The second-order valence-corrected chi connectivity index (χ2v) is 11.8. The van der Waals surface area contributed by atoms with Crippen LogP contribution in [0.1, 0.15) is 36.8 Å². The molecule has 2 N–H and O–H groups in total. The van der Waals surface area contributed by atoms with E-state index in [1.54, 1.807) is 12.1 Å². The second kappa shape index (κ2) is 9.52. The Bertz CT molecular complexity index is 902. The highest BCUT2D eigenvalue weighted by Gasteiger charge is 2.27. The van der Waals surface area contributed by atoms with Gasteiger partial charge in [0, 0.05) is 19.0 Å². The van der Waals surface area contributed by atoms with E-state index >= 15 is 0 Å². The van der Waals surface area contributed by atoms with Gasteiger partial charge in [-0.2, -0.15) is 0 Å². The molecule has 0 aliphatic heterocycles. The van der Waals surface area contributed by atoms with Gasteiger partial charge in [-0.15, -0.1) is 11.3 Å². The molecule has 1 aromatic heterocycles. The van der Waals surface area contributed by atoms with Gasteiger partial charge in [-0.1, -0.05) is 29.8 Å². The molecular formula is C20H25BrN2O3S2. The van der Waals surface area contributed by atoms with Crippen molar-refractivity contribution in [1.82, 2.24) is 10.0 Å². The number of amides is 1. The van der Waals surface area contributed by atoms with Crippen LogP contribution in [-0.2, 0) is 21.4 Å². The minimum atomic E-state index is -3.45. The molecule has 0 saturated heterocycles. The molecule has 1 fully saturated rings. The summed E-state index contributed by atoms with van der Waals surface area (Å²) < 4.78 is 28.5. The molecule has 0 bridgehead atoms. The quantitative estimate of drug-likeness (QED) is 0.617. The van der Waals surface area contributed by atoms with Crippen molar-refractivity contribution in [3.8, 4) is 0 Å². The lowest BCUT2D eigenvalue weighted by Gasteiger charge is -2.27. The third-order valence-corrected chi connectivity index (χ3v) is 8.72. The number of halogens is 1. The van der Waals surface area contributed by atoms with Crippen molar-refractivity contribution >= 4 is 43.2 Å². The zero-order valence-corrected chi connectivity index (χ0v) is 19.0. The van der Waals surface area contributed by atoms with Gasteiger partial charge in [0.15, 0.2) is 0 Å². The van der Waals surface area contributed by atoms with Crippen molar-refractivity contribution in [1.29, 1.82) is 0 Å². The van der Waals surface area contributed by atoms with E-state index in [1.807, 2.05) is 31.2 Å². The highest BCUT2D eigenvalue weighted by molar-refractivity contribution is 9.11. The van der Waals surface area contributed by atoms with E-state index in [-0.39, 0.29) is 17.7 Å². The highest BCUT2D eigenvalue weighted by atomic mass is 79.9. The smallest absolute Gasteiger partial charge is 0.250 e. The van der Waals surface area contributed by atoms with Crippen LogP contribution in [0.2, 0.25) is 0 Å². The molecule has 1 saturated carbocycles. The molecular weight excluding hydrogens is 460 g/mol. The van der Waals surface area contributed by atoms with Crippen molar-refractivity contribution in [2.24, 2.45) is 11.8 Å². The van der Waals surface area contributed by atoms with Crippen LogP contribution in [0.3, 0.4) is 0 Å². The second-order valence-electron chi connectivity index (χ2n) is 7.33. The van der Waals surface area contributed by atoms with Gasteiger partial charge in [0.05, 0.1) is 3.79 Å². The van der Waals surface area contributed by atoms with Crippen LogP contribution in [0.4, 0.5) is 0 Å². The number of hydrogen-bond acceptors (Lipinski definition) is 4. The molecule has 8 heteroatoms. The first-order valence-electron chi connectivity index (χ1n) is 9.42. The first kappa shape index (κ1) is 21.5. The summed E-state index contributed by atoms with van der Waals surface area (Å²) in [6, 6.07) is 11.5. The van der Waals surface area contributed by atoms with E-state index in [1.165, 1.54) is 16.9 Å². The molecule has 2 aromatic rings. The average Bonchev–Trinajstić information content (AvgIpc) is 3.13. The lowest BCUT2D eigenvalue weighted by atomic mass is 9.81. The number of carbonyl (C=O) groups excluding carboxylic acids is 1. The molecule has 1 amide bonds. The molecule has 0 spiro atoms. The zero-order chi connectivity index (χ0) is 20.1. The maximum Gasteiger partial charge on any atom is 0.250 e. The summed E-state index contributed by atoms with van der Waals surface area (Å²) in [5.41, 5.74) is 2.30. The summed E-state index contributed by atoms with van der Waals surface area (Å²) in [6.07, 6.45) is 3.33. The predicted molar refractivity (Wildman–Crippen MR) is 116 cm³/mol. The minimum absolute atomic E-state index is 0.0200. The number of carbonyl (C=O) groups is 1. The van der Waals surface area contributed by atoms with Gasteiger partial charge in [-0.05, 0) is 72.2 Å². The third-order valence-electron chi connectivity index (χ3n) is 5.18. The Balaban J connectivity index is 1.41. The first-order chi connectivity index (χ1) is 13.3. The molecule has 0 unspecified atom stereocenters. The van der Waals surface area contributed by atoms with Gasteiger partial charge >= 0.3 is 0 Å². The number of sulfonamides is 1. The molecule has 3 rings (SSSR count).